The molecule has 1 aromatic heterocycles. The van der Waals surface area contributed by atoms with Crippen molar-refractivity contribution < 1.29 is 9.53 Å². The highest BCUT2D eigenvalue weighted by Crippen LogP contribution is 2.35. The van der Waals surface area contributed by atoms with Gasteiger partial charge in [0.25, 0.3) is 5.91 Å². The normalized spacial score (nSPS) is 10.6. The summed E-state index contributed by atoms with van der Waals surface area (Å²) in [5.74, 6) is 0.303. The van der Waals surface area contributed by atoms with Gasteiger partial charge in [-0.25, -0.2) is 4.98 Å². The summed E-state index contributed by atoms with van der Waals surface area (Å²) >= 11 is 18.7. The lowest BCUT2D eigenvalue weighted by atomic mass is 10.2. The number of halogens is 2. The Morgan fingerprint density at radius 1 is 1.30 bits per heavy atom. The first-order valence-corrected chi connectivity index (χ1v) is 10.1. The maximum absolute atomic E-state index is 12.4. The zero-order valence-corrected chi connectivity index (χ0v) is 17.4. The summed E-state index contributed by atoms with van der Waals surface area (Å²) in [6.07, 6.45) is 0.891. The van der Waals surface area contributed by atoms with E-state index in [4.69, 9.17) is 40.2 Å². The van der Waals surface area contributed by atoms with Crippen molar-refractivity contribution in [3.63, 3.8) is 0 Å². The lowest BCUT2D eigenvalue weighted by molar-refractivity contribution is 0.0977. The number of anilines is 1. The van der Waals surface area contributed by atoms with Crippen molar-refractivity contribution in [2.75, 3.05) is 11.9 Å². The molecule has 3 rings (SSSR count). The molecule has 27 heavy (non-hydrogen) atoms. The number of aromatic nitrogens is 1. The zero-order chi connectivity index (χ0) is 19.4. The van der Waals surface area contributed by atoms with Gasteiger partial charge in [-0.2, -0.15) is 0 Å². The van der Waals surface area contributed by atoms with Gasteiger partial charge in [0, 0.05) is 5.56 Å². The monoisotopic (exact) mass is 439 g/mol. The molecular weight excluding hydrogens is 425 g/mol. The maximum Gasteiger partial charge on any atom is 0.257 e. The van der Waals surface area contributed by atoms with E-state index in [1.165, 1.54) is 11.3 Å². The second-order valence-corrected chi connectivity index (χ2v) is 7.74. The molecule has 1 heterocycles. The van der Waals surface area contributed by atoms with E-state index in [2.05, 4.69) is 15.6 Å². The summed E-state index contributed by atoms with van der Waals surface area (Å²) in [5.41, 5.74) is 1.04. The van der Waals surface area contributed by atoms with E-state index in [1.807, 2.05) is 13.0 Å². The van der Waals surface area contributed by atoms with E-state index in [0.29, 0.717) is 38.6 Å². The van der Waals surface area contributed by atoms with Crippen LogP contribution < -0.4 is 15.4 Å². The topological polar surface area (TPSA) is 63.2 Å². The maximum atomic E-state index is 12.4. The predicted molar refractivity (Wildman–Crippen MR) is 116 cm³/mol. The Bertz CT molecular complexity index is 1010. The Kier molecular flexibility index (Phi) is 6.49. The van der Waals surface area contributed by atoms with Crippen molar-refractivity contribution in [3.05, 3.63) is 52.0 Å². The third kappa shape index (κ3) is 4.87. The van der Waals surface area contributed by atoms with E-state index in [9.17, 15) is 4.79 Å². The number of carbonyl (C=O) groups is 1. The lowest BCUT2D eigenvalue weighted by Gasteiger charge is -2.09. The molecule has 2 N–H and O–H groups in total. The first-order valence-electron chi connectivity index (χ1n) is 8.07. The van der Waals surface area contributed by atoms with Crippen LogP contribution in [-0.2, 0) is 0 Å². The SMILES string of the molecule is CCCOc1cccc(C(=O)NC(=S)Nc2nc3c(Cl)c(Cl)ccc3s2)c1. The highest BCUT2D eigenvalue weighted by Gasteiger charge is 2.13. The van der Waals surface area contributed by atoms with E-state index in [-0.39, 0.29) is 11.0 Å². The quantitative estimate of drug-likeness (QED) is 0.512. The van der Waals surface area contributed by atoms with Gasteiger partial charge in [-0.1, -0.05) is 47.5 Å². The smallest absolute Gasteiger partial charge is 0.257 e. The van der Waals surface area contributed by atoms with Crippen LogP contribution in [0, 0.1) is 0 Å². The van der Waals surface area contributed by atoms with Crippen LogP contribution in [0.3, 0.4) is 0 Å². The molecule has 0 aliphatic rings. The number of nitrogens with zero attached hydrogens (tertiary/aromatic N) is 1. The molecule has 0 atom stereocenters. The number of hydrogen-bond acceptors (Lipinski definition) is 5. The standard InChI is InChI=1S/C18H15Cl2N3O2S2/c1-2-8-25-11-5-3-4-10(9-11)16(24)22-17(26)23-18-21-15-13(27-18)7-6-12(19)14(15)20/h3-7,9H,2,8H2,1H3,(H2,21,22,23,24,26). The second-order valence-electron chi connectivity index (χ2n) is 5.51. The summed E-state index contributed by atoms with van der Waals surface area (Å²) in [4.78, 5) is 16.8. The van der Waals surface area contributed by atoms with Crippen LogP contribution in [0.25, 0.3) is 10.2 Å². The molecule has 0 aliphatic carbocycles. The Hall–Kier alpha value is -1.93. The van der Waals surface area contributed by atoms with Gasteiger partial charge in [0.1, 0.15) is 11.3 Å². The fourth-order valence-corrected chi connectivity index (χ4v) is 3.79. The number of nitrogens with one attached hydrogen (secondary N) is 2. The van der Waals surface area contributed by atoms with Crippen LogP contribution in [0.1, 0.15) is 23.7 Å². The number of rotatable bonds is 5. The molecule has 2 aromatic carbocycles. The van der Waals surface area contributed by atoms with Crippen LogP contribution in [-0.4, -0.2) is 22.6 Å². The molecule has 3 aromatic rings. The average Bonchev–Trinajstić information content (AvgIpc) is 3.06. The largest absolute Gasteiger partial charge is 0.494 e. The number of amides is 1. The number of benzene rings is 2. The van der Waals surface area contributed by atoms with Crippen molar-refractivity contribution in [2.45, 2.75) is 13.3 Å². The van der Waals surface area contributed by atoms with Crippen LogP contribution in [0.15, 0.2) is 36.4 Å². The van der Waals surface area contributed by atoms with E-state index in [0.717, 1.165) is 11.1 Å². The molecule has 140 valence electrons. The molecule has 0 bridgehead atoms. The Morgan fingerprint density at radius 3 is 2.89 bits per heavy atom. The number of fused-ring (bicyclic) bond motifs is 1. The van der Waals surface area contributed by atoms with Gasteiger partial charge in [0.05, 0.1) is 21.4 Å². The van der Waals surface area contributed by atoms with Gasteiger partial charge < -0.3 is 10.1 Å². The number of ether oxygens (including phenoxy) is 1. The van der Waals surface area contributed by atoms with Gasteiger partial charge in [0.2, 0.25) is 0 Å². The molecular formula is C18H15Cl2N3O2S2. The first-order chi connectivity index (χ1) is 13.0. The summed E-state index contributed by atoms with van der Waals surface area (Å²) in [7, 11) is 0. The van der Waals surface area contributed by atoms with Crippen molar-refractivity contribution in [1.29, 1.82) is 0 Å². The fraction of sp³-hybridized carbons (Fsp3) is 0.167. The fourth-order valence-electron chi connectivity index (χ4n) is 2.24. The van der Waals surface area contributed by atoms with Crippen LogP contribution in [0.5, 0.6) is 5.75 Å². The van der Waals surface area contributed by atoms with Gasteiger partial charge in [0.15, 0.2) is 10.2 Å². The van der Waals surface area contributed by atoms with E-state index in [1.54, 1.807) is 30.3 Å². The zero-order valence-electron chi connectivity index (χ0n) is 14.2. The Balaban J connectivity index is 1.67. The molecule has 0 unspecified atom stereocenters. The van der Waals surface area contributed by atoms with Gasteiger partial charge in [-0.05, 0) is 49.0 Å². The lowest BCUT2D eigenvalue weighted by Crippen LogP contribution is -2.34. The minimum Gasteiger partial charge on any atom is -0.494 e. The molecule has 0 radical (unpaired) electrons. The number of hydrogen-bond donors (Lipinski definition) is 2. The second kappa shape index (κ2) is 8.84. The van der Waals surface area contributed by atoms with Gasteiger partial charge >= 0.3 is 0 Å². The van der Waals surface area contributed by atoms with E-state index >= 15 is 0 Å². The highest BCUT2D eigenvalue weighted by molar-refractivity contribution is 7.80. The molecule has 0 saturated heterocycles. The Labute approximate surface area is 175 Å². The van der Waals surface area contributed by atoms with Crippen LogP contribution in [0.2, 0.25) is 10.0 Å². The summed E-state index contributed by atoms with van der Waals surface area (Å²) in [6.45, 7) is 2.61. The van der Waals surface area contributed by atoms with Gasteiger partial charge in [-0.15, -0.1) is 0 Å². The minimum absolute atomic E-state index is 0.140. The van der Waals surface area contributed by atoms with Crippen molar-refractivity contribution in [2.24, 2.45) is 0 Å². The van der Waals surface area contributed by atoms with Crippen LogP contribution in [0.4, 0.5) is 5.13 Å². The molecule has 1 amide bonds. The number of carbonyl (C=O) groups excluding carboxylic acids is 1. The average molecular weight is 440 g/mol. The molecule has 9 heteroatoms. The third-order valence-corrected chi connectivity index (χ3v) is 5.40. The minimum atomic E-state index is -0.336. The highest BCUT2D eigenvalue weighted by atomic mass is 35.5. The van der Waals surface area contributed by atoms with E-state index < -0.39 is 0 Å². The Morgan fingerprint density at radius 2 is 2.11 bits per heavy atom. The summed E-state index contributed by atoms with van der Waals surface area (Å²) in [5, 5.41) is 7.01. The molecule has 0 saturated carbocycles. The van der Waals surface area contributed by atoms with Crippen molar-refractivity contribution >= 4 is 73.1 Å². The molecule has 0 fully saturated rings. The van der Waals surface area contributed by atoms with Gasteiger partial charge in [-0.3, -0.25) is 10.1 Å². The van der Waals surface area contributed by atoms with Crippen molar-refractivity contribution in [3.8, 4) is 5.75 Å². The molecule has 5 nitrogen and oxygen atoms in total. The molecule has 0 spiro atoms. The summed E-state index contributed by atoms with van der Waals surface area (Å²) < 4.78 is 6.40. The van der Waals surface area contributed by atoms with Crippen LogP contribution >= 0.6 is 46.8 Å². The molecule has 0 aliphatic heterocycles. The van der Waals surface area contributed by atoms with Crippen molar-refractivity contribution in [1.82, 2.24) is 10.3 Å². The predicted octanol–water partition coefficient (Wildman–Crippen LogP) is 5.52. The third-order valence-electron chi connectivity index (χ3n) is 3.47. The number of thiazole rings is 1. The summed E-state index contributed by atoms with van der Waals surface area (Å²) in [6, 6.07) is 10.5. The number of thiocarbonyl (C=S) groups is 1. The first kappa shape index (κ1) is 19.8.